The molecule has 1 saturated carbocycles. The molecule has 0 radical (unpaired) electrons. The summed E-state index contributed by atoms with van der Waals surface area (Å²) in [5.41, 5.74) is 7.87. The number of pyridine rings is 2. The summed E-state index contributed by atoms with van der Waals surface area (Å²) in [6.45, 7) is 1.83. The maximum Gasteiger partial charge on any atom is 0.271 e. The minimum absolute atomic E-state index is 0.0185. The van der Waals surface area contributed by atoms with Crippen molar-refractivity contribution in [2.24, 2.45) is 17.6 Å². The molecule has 0 aromatic carbocycles. The van der Waals surface area contributed by atoms with Gasteiger partial charge in [0.05, 0.1) is 0 Å². The number of nitrogens with one attached hydrogen (secondary N) is 2. The van der Waals surface area contributed by atoms with E-state index in [2.05, 4.69) is 15.3 Å². The highest BCUT2D eigenvalue weighted by Crippen LogP contribution is 2.40. The third-order valence-corrected chi connectivity index (χ3v) is 5.81. The van der Waals surface area contributed by atoms with Gasteiger partial charge in [0.1, 0.15) is 5.69 Å². The molecule has 1 amide bonds. The van der Waals surface area contributed by atoms with E-state index in [9.17, 15) is 9.59 Å². The number of amides is 1. The van der Waals surface area contributed by atoms with Crippen LogP contribution in [0.4, 0.5) is 5.69 Å². The molecule has 29 heavy (non-hydrogen) atoms. The lowest BCUT2D eigenvalue weighted by Crippen LogP contribution is -2.36. The smallest absolute Gasteiger partial charge is 0.271 e. The zero-order valence-electron chi connectivity index (χ0n) is 16.4. The molecule has 2 aromatic rings. The summed E-state index contributed by atoms with van der Waals surface area (Å²) >= 11 is 0. The molecule has 152 valence electrons. The third kappa shape index (κ3) is 4.56. The van der Waals surface area contributed by atoms with Crippen LogP contribution in [-0.4, -0.2) is 46.5 Å². The quantitative estimate of drug-likeness (QED) is 0.624. The molecule has 1 aliphatic carbocycles. The van der Waals surface area contributed by atoms with Crippen molar-refractivity contribution in [2.45, 2.75) is 25.3 Å². The van der Waals surface area contributed by atoms with Crippen molar-refractivity contribution in [1.29, 1.82) is 0 Å². The van der Waals surface area contributed by atoms with Crippen LogP contribution in [0.1, 0.15) is 19.3 Å². The van der Waals surface area contributed by atoms with Gasteiger partial charge in [-0.05, 0) is 54.9 Å². The summed E-state index contributed by atoms with van der Waals surface area (Å²) in [5, 5.41) is 3.53. The van der Waals surface area contributed by atoms with Gasteiger partial charge in [0.15, 0.2) is 0 Å². The van der Waals surface area contributed by atoms with E-state index in [1.807, 2.05) is 23.1 Å². The fourth-order valence-electron chi connectivity index (χ4n) is 4.11. The van der Waals surface area contributed by atoms with Crippen molar-refractivity contribution in [2.75, 3.05) is 25.0 Å². The van der Waals surface area contributed by atoms with Crippen LogP contribution in [-0.2, 0) is 4.79 Å². The summed E-state index contributed by atoms with van der Waals surface area (Å²) in [5.74, 6) is 0.908. The minimum Gasteiger partial charge on any atom is -0.377 e. The molecule has 4 rings (SSSR count). The summed E-state index contributed by atoms with van der Waals surface area (Å²) in [6.07, 6.45) is 11.7. The number of aromatic nitrogens is 2. The van der Waals surface area contributed by atoms with Crippen LogP contribution < -0.4 is 16.6 Å². The maximum atomic E-state index is 12.5. The van der Waals surface area contributed by atoms with Crippen molar-refractivity contribution < 1.29 is 4.79 Å². The molecule has 7 heteroatoms. The molecule has 7 nitrogen and oxygen atoms in total. The Kier molecular flexibility index (Phi) is 5.76. The van der Waals surface area contributed by atoms with Gasteiger partial charge < -0.3 is 20.9 Å². The summed E-state index contributed by atoms with van der Waals surface area (Å²) in [6, 6.07) is 5.95. The molecule has 3 heterocycles. The monoisotopic (exact) mass is 393 g/mol. The second-order valence-electron chi connectivity index (χ2n) is 7.85. The number of carbonyl (C=O) groups excluding carboxylic acids is 1. The van der Waals surface area contributed by atoms with E-state index < -0.39 is 0 Å². The number of likely N-dealkylation sites (tertiary alicyclic amines) is 1. The van der Waals surface area contributed by atoms with Crippen molar-refractivity contribution in [3.05, 3.63) is 59.3 Å². The van der Waals surface area contributed by atoms with Gasteiger partial charge in [0.25, 0.3) is 5.56 Å². The Balaban J connectivity index is 1.50. The Hall–Kier alpha value is -2.93. The number of carbonyl (C=O) groups is 1. The predicted molar refractivity (Wildman–Crippen MR) is 113 cm³/mol. The van der Waals surface area contributed by atoms with E-state index in [-0.39, 0.29) is 17.5 Å². The van der Waals surface area contributed by atoms with Crippen LogP contribution in [0.25, 0.3) is 11.1 Å². The molecule has 1 aliphatic heterocycles. The van der Waals surface area contributed by atoms with Crippen LogP contribution in [0.3, 0.4) is 0 Å². The van der Waals surface area contributed by atoms with Crippen molar-refractivity contribution >= 4 is 11.6 Å². The topological polar surface area (TPSA) is 104 Å². The molecule has 2 aromatic heterocycles. The van der Waals surface area contributed by atoms with E-state index in [0.29, 0.717) is 30.6 Å². The van der Waals surface area contributed by atoms with Crippen molar-refractivity contribution in [1.82, 2.24) is 14.9 Å². The zero-order valence-corrected chi connectivity index (χ0v) is 16.4. The average molecular weight is 393 g/mol. The summed E-state index contributed by atoms with van der Waals surface area (Å²) in [4.78, 5) is 33.5. The van der Waals surface area contributed by atoms with Crippen molar-refractivity contribution in [3.8, 4) is 11.1 Å². The second kappa shape index (κ2) is 8.61. The molecule has 2 atom stereocenters. The lowest BCUT2D eigenvalue weighted by molar-refractivity contribution is -0.125. The standard InChI is InChI=1S/C22H27N5O2/c23-8-1-2-20(28)27-11-7-17(14-27)21(16-3-4-16)26-19-12-18(13-25-22(19)29)15-5-9-24-10-6-15/h1-2,5-6,9-10,12-13,16-17,21,26H,3-4,7-8,11,14,23H2,(H,25,29)/b2-1+/t17?,21-/m0/s1. The largest absolute Gasteiger partial charge is 0.377 e. The molecule has 1 saturated heterocycles. The maximum absolute atomic E-state index is 12.5. The van der Waals surface area contributed by atoms with Crippen LogP contribution in [0, 0.1) is 11.8 Å². The molecule has 1 unspecified atom stereocenters. The number of rotatable bonds is 7. The highest BCUT2D eigenvalue weighted by atomic mass is 16.2. The van der Waals surface area contributed by atoms with E-state index in [1.165, 1.54) is 0 Å². The lowest BCUT2D eigenvalue weighted by Gasteiger charge is -2.26. The van der Waals surface area contributed by atoms with E-state index in [0.717, 1.165) is 36.9 Å². The highest BCUT2D eigenvalue weighted by Gasteiger charge is 2.40. The lowest BCUT2D eigenvalue weighted by atomic mass is 9.94. The van der Waals surface area contributed by atoms with E-state index in [1.54, 1.807) is 30.7 Å². The molecular weight excluding hydrogens is 366 g/mol. The van der Waals surface area contributed by atoms with Crippen LogP contribution >= 0.6 is 0 Å². The number of nitrogens with two attached hydrogens (primary N) is 1. The number of nitrogens with zero attached hydrogens (tertiary/aromatic N) is 2. The molecule has 0 bridgehead atoms. The Morgan fingerprint density at radius 2 is 2.07 bits per heavy atom. The Bertz CT molecular complexity index is 936. The number of aromatic amines is 1. The van der Waals surface area contributed by atoms with E-state index in [4.69, 9.17) is 5.73 Å². The first-order valence-corrected chi connectivity index (χ1v) is 10.2. The molecule has 2 fully saturated rings. The fraction of sp³-hybridized carbons (Fsp3) is 0.409. The van der Waals surface area contributed by atoms with Crippen LogP contribution in [0.15, 0.2) is 53.7 Å². The van der Waals surface area contributed by atoms with Gasteiger partial charge in [-0.25, -0.2) is 0 Å². The minimum atomic E-state index is -0.120. The Morgan fingerprint density at radius 1 is 1.28 bits per heavy atom. The Morgan fingerprint density at radius 3 is 2.79 bits per heavy atom. The number of anilines is 1. The van der Waals surface area contributed by atoms with Crippen molar-refractivity contribution in [3.63, 3.8) is 0 Å². The van der Waals surface area contributed by atoms with Gasteiger partial charge in [0, 0.05) is 55.9 Å². The van der Waals surface area contributed by atoms with Gasteiger partial charge in [-0.15, -0.1) is 0 Å². The number of H-pyrrole nitrogens is 1. The first kappa shape index (κ1) is 19.4. The first-order valence-electron chi connectivity index (χ1n) is 10.2. The third-order valence-electron chi connectivity index (χ3n) is 5.81. The SMILES string of the molecule is NC/C=C/C(=O)N1CCC([C@@H](Nc2cc(-c3ccncc3)c[nH]c2=O)C2CC2)C1. The van der Waals surface area contributed by atoms with Gasteiger partial charge in [0.2, 0.25) is 5.91 Å². The zero-order chi connectivity index (χ0) is 20.2. The molecule has 0 spiro atoms. The van der Waals surface area contributed by atoms with Gasteiger partial charge in [-0.3, -0.25) is 14.6 Å². The Labute approximate surface area is 170 Å². The molecular formula is C22H27N5O2. The van der Waals surface area contributed by atoms with Gasteiger partial charge in [-0.1, -0.05) is 6.08 Å². The van der Waals surface area contributed by atoms with Crippen LogP contribution in [0.5, 0.6) is 0 Å². The fourth-order valence-corrected chi connectivity index (χ4v) is 4.11. The van der Waals surface area contributed by atoms with Gasteiger partial charge in [-0.2, -0.15) is 0 Å². The predicted octanol–water partition coefficient (Wildman–Crippen LogP) is 1.99. The average Bonchev–Trinajstić information content (AvgIpc) is 3.47. The second-order valence-corrected chi connectivity index (χ2v) is 7.85. The molecule has 4 N–H and O–H groups in total. The summed E-state index contributed by atoms with van der Waals surface area (Å²) < 4.78 is 0. The van der Waals surface area contributed by atoms with Crippen LogP contribution in [0.2, 0.25) is 0 Å². The highest BCUT2D eigenvalue weighted by molar-refractivity contribution is 5.87. The normalized spacial score (nSPS) is 20.2. The molecule has 2 aliphatic rings. The van der Waals surface area contributed by atoms with Gasteiger partial charge >= 0.3 is 0 Å². The first-order chi connectivity index (χ1) is 14.2. The summed E-state index contributed by atoms with van der Waals surface area (Å²) in [7, 11) is 0. The number of hydrogen-bond donors (Lipinski definition) is 3. The number of hydrogen-bond acceptors (Lipinski definition) is 5. The van der Waals surface area contributed by atoms with E-state index >= 15 is 0 Å².